The molecule has 1 unspecified atom stereocenters. The number of benzene rings is 2. The molecule has 172 valence electrons. The summed E-state index contributed by atoms with van der Waals surface area (Å²) >= 11 is 1.26. The summed E-state index contributed by atoms with van der Waals surface area (Å²) in [5.74, 6) is 0.391. The minimum Gasteiger partial charge on any atom is -0.462 e. The second-order valence-electron chi connectivity index (χ2n) is 7.17. The standard InChI is InChI=1S/C23H23N3O6S/c1-3-26-21(28)19(33-23(26)25-16-9-10-17-18(11-16)32-13-31-17)12-20(27)24-15-7-5-14(6-8-15)22(29)30-4-2/h5-11,19H,3-4,12-13H2,1-2H3,(H,24,27). The first kappa shape index (κ1) is 22.7. The maximum absolute atomic E-state index is 12.8. The molecule has 10 heteroatoms. The van der Waals surface area contributed by atoms with Crippen LogP contribution in [0.3, 0.4) is 0 Å². The van der Waals surface area contributed by atoms with Crippen molar-refractivity contribution in [3.63, 3.8) is 0 Å². The van der Waals surface area contributed by atoms with Crippen LogP contribution in [0, 0.1) is 0 Å². The molecule has 2 amide bonds. The minimum atomic E-state index is -0.573. The van der Waals surface area contributed by atoms with E-state index in [9.17, 15) is 14.4 Å². The third-order valence-electron chi connectivity index (χ3n) is 4.97. The Balaban J connectivity index is 1.40. The van der Waals surface area contributed by atoms with Gasteiger partial charge in [0, 0.05) is 24.7 Å². The van der Waals surface area contributed by atoms with E-state index < -0.39 is 11.2 Å². The molecule has 2 heterocycles. The number of carbonyl (C=O) groups is 3. The largest absolute Gasteiger partial charge is 0.462 e. The van der Waals surface area contributed by atoms with Crippen LogP contribution in [0.15, 0.2) is 47.5 Å². The quantitative estimate of drug-likeness (QED) is 0.618. The summed E-state index contributed by atoms with van der Waals surface area (Å²) in [4.78, 5) is 43.3. The van der Waals surface area contributed by atoms with Crippen molar-refractivity contribution in [3.05, 3.63) is 48.0 Å². The van der Waals surface area contributed by atoms with Gasteiger partial charge in [0.1, 0.15) is 5.25 Å². The van der Waals surface area contributed by atoms with Crippen LogP contribution in [0.2, 0.25) is 0 Å². The number of ether oxygens (including phenoxy) is 3. The van der Waals surface area contributed by atoms with E-state index in [2.05, 4.69) is 10.3 Å². The van der Waals surface area contributed by atoms with Crippen molar-refractivity contribution in [3.8, 4) is 11.5 Å². The second kappa shape index (κ2) is 9.95. The molecule has 0 aromatic heterocycles. The third-order valence-corrected chi connectivity index (χ3v) is 6.14. The summed E-state index contributed by atoms with van der Waals surface area (Å²) in [6, 6.07) is 11.7. The Morgan fingerprint density at radius 3 is 2.64 bits per heavy atom. The zero-order chi connectivity index (χ0) is 23.4. The van der Waals surface area contributed by atoms with Gasteiger partial charge in [0.15, 0.2) is 16.7 Å². The van der Waals surface area contributed by atoms with Gasteiger partial charge < -0.3 is 19.5 Å². The topological polar surface area (TPSA) is 107 Å². The number of esters is 1. The highest BCUT2D eigenvalue weighted by molar-refractivity contribution is 8.15. The number of amidine groups is 1. The van der Waals surface area contributed by atoms with Gasteiger partial charge in [0.05, 0.1) is 17.9 Å². The first-order chi connectivity index (χ1) is 16.0. The highest BCUT2D eigenvalue weighted by atomic mass is 32.2. The molecule has 2 aliphatic heterocycles. The molecule has 1 N–H and O–H groups in total. The van der Waals surface area contributed by atoms with Gasteiger partial charge in [-0.3, -0.25) is 14.5 Å². The normalized spacial score (nSPS) is 18.0. The van der Waals surface area contributed by atoms with Gasteiger partial charge in [-0.25, -0.2) is 9.79 Å². The van der Waals surface area contributed by atoms with E-state index in [0.717, 1.165) is 0 Å². The Labute approximate surface area is 195 Å². The molecule has 0 bridgehead atoms. The van der Waals surface area contributed by atoms with Crippen LogP contribution >= 0.6 is 11.8 Å². The predicted molar refractivity (Wildman–Crippen MR) is 124 cm³/mol. The summed E-state index contributed by atoms with van der Waals surface area (Å²) in [7, 11) is 0. The number of aliphatic imine (C=N–C) groups is 1. The first-order valence-electron chi connectivity index (χ1n) is 10.5. The van der Waals surface area contributed by atoms with Crippen molar-refractivity contribution >= 4 is 46.1 Å². The van der Waals surface area contributed by atoms with Gasteiger partial charge in [-0.15, -0.1) is 0 Å². The van der Waals surface area contributed by atoms with Gasteiger partial charge in [-0.2, -0.15) is 0 Å². The Hall–Kier alpha value is -3.53. The highest BCUT2D eigenvalue weighted by Crippen LogP contribution is 2.37. The minimum absolute atomic E-state index is 0.000212. The number of hydrogen-bond donors (Lipinski definition) is 1. The Bertz CT molecular complexity index is 1100. The highest BCUT2D eigenvalue weighted by Gasteiger charge is 2.38. The van der Waals surface area contributed by atoms with Crippen LogP contribution in [0.5, 0.6) is 11.5 Å². The van der Waals surface area contributed by atoms with Crippen molar-refractivity contribution in [2.45, 2.75) is 25.5 Å². The Morgan fingerprint density at radius 1 is 1.15 bits per heavy atom. The molecule has 2 aliphatic rings. The monoisotopic (exact) mass is 469 g/mol. The fourth-order valence-corrected chi connectivity index (χ4v) is 4.59. The average Bonchev–Trinajstić information content (AvgIpc) is 3.38. The van der Waals surface area contributed by atoms with Crippen LogP contribution in [0.1, 0.15) is 30.6 Å². The number of nitrogens with one attached hydrogen (secondary N) is 1. The number of rotatable bonds is 7. The lowest BCUT2D eigenvalue weighted by Gasteiger charge is -2.13. The molecule has 0 aliphatic carbocycles. The predicted octanol–water partition coefficient (Wildman–Crippen LogP) is 3.57. The summed E-state index contributed by atoms with van der Waals surface area (Å²) in [5, 5.41) is 2.73. The molecule has 2 aromatic rings. The SMILES string of the molecule is CCOC(=O)c1ccc(NC(=O)CC2SC(=Nc3ccc4c(c3)OCO4)N(CC)C2=O)cc1. The Kier molecular flexibility index (Phi) is 6.83. The molecular weight excluding hydrogens is 446 g/mol. The first-order valence-corrected chi connectivity index (χ1v) is 11.4. The maximum Gasteiger partial charge on any atom is 0.338 e. The van der Waals surface area contributed by atoms with Crippen molar-refractivity contribution in [1.29, 1.82) is 0 Å². The molecule has 0 radical (unpaired) electrons. The van der Waals surface area contributed by atoms with Crippen molar-refractivity contribution in [1.82, 2.24) is 4.90 Å². The van der Waals surface area contributed by atoms with E-state index in [1.807, 2.05) is 6.92 Å². The van der Waals surface area contributed by atoms with Crippen molar-refractivity contribution in [2.75, 3.05) is 25.3 Å². The van der Waals surface area contributed by atoms with E-state index in [1.165, 1.54) is 11.8 Å². The van der Waals surface area contributed by atoms with Crippen LogP contribution in [-0.2, 0) is 14.3 Å². The molecule has 4 rings (SSSR count). The van der Waals surface area contributed by atoms with Gasteiger partial charge >= 0.3 is 5.97 Å². The summed E-state index contributed by atoms with van der Waals surface area (Å²) < 4.78 is 15.6. The van der Waals surface area contributed by atoms with Gasteiger partial charge in [0.2, 0.25) is 18.6 Å². The van der Waals surface area contributed by atoms with Crippen molar-refractivity contribution < 1.29 is 28.6 Å². The molecule has 9 nitrogen and oxygen atoms in total. The molecule has 1 fully saturated rings. The maximum atomic E-state index is 12.8. The molecule has 0 saturated carbocycles. The fourth-order valence-electron chi connectivity index (χ4n) is 3.37. The molecule has 1 saturated heterocycles. The number of nitrogens with zero attached hydrogens (tertiary/aromatic N) is 2. The fraction of sp³-hybridized carbons (Fsp3) is 0.304. The van der Waals surface area contributed by atoms with E-state index >= 15 is 0 Å². The number of anilines is 1. The number of carbonyl (C=O) groups excluding carboxylic acids is 3. The number of hydrogen-bond acceptors (Lipinski definition) is 8. The van der Waals surface area contributed by atoms with E-state index in [4.69, 9.17) is 14.2 Å². The van der Waals surface area contributed by atoms with Crippen LogP contribution in [0.4, 0.5) is 11.4 Å². The number of thioether (sulfide) groups is 1. The van der Waals surface area contributed by atoms with Crippen LogP contribution in [-0.4, -0.2) is 53.0 Å². The molecule has 1 atom stereocenters. The van der Waals surface area contributed by atoms with Crippen LogP contribution < -0.4 is 14.8 Å². The number of amides is 2. The summed E-state index contributed by atoms with van der Waals surface area (Å²) in [6.07, 6.45) is -0.000212. The number of fused-ring (bicyclic) bond motifs is 1. The Morgan fingerprint density at radius 2 is 1.91 bits per heavy atom. The average molecular weight is 470 g/mol. The van der Waals surface area contributed by atoms with Gasteiger partial charge in [-0.05, 0) is 50.2 Å². The van der Waals surface area contributed by atoms with Crippen LogP contribution in [0.25, 0.3) is 0 Å². The van der Waals surface area contributed by atoms with E-state index in [0.29, 0.717) is 46.8 Å². The third kappa shape index (κ3) is 5.11. The van der Waals surface area contributed by atoms with E-state index in [1.54, 1.807) is 54.3 Å². The van der Waals surface area contributed by atoms with Crippen molar-refractivity contribution in [2.24, 2.45) is 4.99 Å². The summed E-state index contributed by atoms with van der Waals surface area (Å²) in [5.41, 5.74) is 1.57. The lowest BCUT2D eigenvalue weighted by Crippen LogP contribution is -2.33. The molecule has 0 spiro atoms. The summed E-state index contributed by atoms with van der Waals surface area (Å²) in [6.45, 7) is 4.51. The zero-order valence-electron chi connectivity index (χ0n) is 18.2. The van der Waals surface area contributed by atoms with Gasteiger partial charge in [-0.1, -0.05) is 11.8 Å². The zero-order valence-corrected chi connectivity index (χ0v) is 19.0. The van der Waals surface area contributed by atoms with Gasteiger partial charge in [0.25, 0.3) is 0 Å². The van der Waals surface area contributed by atoms with E-state index in [-0.39, 0.29) is 25.0 Å². The molecule has 33 heavy (non-hydrogen) atoms. The lowest BCUT2D eigenvalue weighted by atomic mass is 10.2. The smallest absolute Gasteiger partial charge is 0.338 e. The molecular formula is C23H23N3O6S. The molecule has 2 aromatic carbocycles. The lowest BCUT2D eigenvalue weighted by molar-refractivity contribution is -0.128. The second-order valence-corrected chi connectivity index (χ2v) is 8.34.